The van der Waals surface area contributed by atoms with Crippen molar-refractivity contribution in [2.45, 2.75) is 84.2 Å². The average molecular weight is 498 g/mol. The van der Waals surface area contributed by atoms with Gasteiger partial charge in [-0.05, 0) is 66.9 Å². The molecule has 0 heterocycles. The van der Waals surface area contributed by atoms with Gasteiger partial charge in [0.15, 0.2) is 0 Å². The third-order valence-electron chi connectivity index (χ3n) is 6.15. The van der Waals surface area contributed by atoms with Crippen LogP contribution in [-0.2, 0) is 16.0 Å². The molecule has 0 bridgehead atoms. The normalized spacial score (nSPS) is 12.7. The van der Waals surface area contributed by atoms with Crippen LogP contribution in [-0.4, -0.2) is 45.3 Å². The van der Waals surface area contributed by atoms with Crippen molar-refractivity contribution in [2.24, 2.45) is 5.73 Å². The van der Waals surface area contributed by atoms with E-state index in [1.54, 1.807) is 0 Å². The van der Waals surface area contributed by atoms with Crippen molar-refractivity contribution < 1.29 is 28.7 Å². The minimum Gasteiger partial charge on any atom is -0.541 e. The molecule has 1 rings (SSSR count). The minimum absolute atomic E-state index is 0.144. The smallest absolute Gasteiger partial charge is 0.328 e. The highest BCUT2D eigenvalue weighted by molar-refractivity contribution is 6.75. The number of nitrogens with two attached hydrogens (primary N) is 1. The number of rotatable bonds is 8. The lowest BCUT2D eigenvalue weighted by Crippen LogP contribution is -2.45. The molecule has 0 radical (unpaired) electrons. The predicted molar refractivity (Wildman–Crippen MR) is 139 cm³/mol. The average Bonchev–Trinajstić information content (AvgIpc) is 2.60. The number of carbonyl (C=O) groups is 2. The van der Waals surface area contributed by atoms with E-state index >= 15 is 0 Å². The lowest BCUT2D eigenvalue weighted by atomic mass is 10.1. The van der Waals surface area contributed by atoms with E-state index in [2.05, 4.69) is 85.9 Å². The zero-order chi connectivity index (χ0) is 26.3. The van der Waals surface area contributed by atoms with Crippen LogP contribution < -0.4 is 14.6 Å². The van der Waals surface area contributed by atoms with Crippen molar-refractivity contribution in [3.05, 3.63) is 35.9 Å². The molecule has 0 aliphatic carbocycles. The lowest BCUT2D eigenvalue weighted by molar-refractivity contribution is -0.134. The molecule has 0 saturated carbocycles. The van der Waals surface area contributed by atoms with Crippen LogP contribution in [0.1, 0.15) is 47.1 Å². The molecule has 1 aromatic carbocycles. The second-order valence-electron chi connectivity index (χ2n) is 11.1. The molecule has 1 aromatic rings. The molecule has 0 atom stereocenters. The van der Waals surface area contributed by atoms with Gasteiger partial charge in [-0.1, -0.05) is 47.6 Å². The van der Waals surface area contributed by atoms with E-state index < -0.39 is 28.6 Å². The van der Waals surface area contributed by atoms with Gasteiger partial charge in [0.2, 0.25) is 0 Å². The molecule has 9 heteroatoms. The Morgan fingerprint density at radius 2 is 1.24 bits per heavy atom. The SMILES string of the molecule is CC(C)(C)[Si](C)(C)Oc1ccc(CCN)cc1O[Si](C)(C)C(C)(C)C.O=C(O)/C=C/C(=O)O. The summed E-state index contributed by atoms with van der Waals surface area (Å²) < 4.78 is 13.2. The van der Waals surface area contributed by atoms with Crippen molar-refractivity contribution in [3.63, 3.8) is 0 Å². The molecular weight excluding hydrogens is 454 g/mol. The summed E-state index contributed by atoms with van der Waals surface area (Å²) in [6, 6.07) is 6.33. The number of carboxylic acid groups (broad SMARTS) is 2. The molecule has 4 N–H and O–H groups in total. The third-order valence-corrected chi connectivity index (χ3v) is 14.8. The first-order valence-electron chi connectivity index (χ1n) is 11.1. The number of benzene rings is 1. The van der Waals surface area contributed by atoms with Crippen molar-refractivity contribution >= 4 is 28.6 Å². The fourth-order valence-electron chi connectivity index (χ4n) is 2.04. The van der Waals surface area contributed by atoms with Gasteiger partial charge in [0.25, 0.3) is 16.6 Å². The summed E-state index contributed by atoms with van der Waals surface area (Å²) >= 11 is 0. The lowest BCUT2D eigenvalue weighted by Gasteiger charge is -2.39. The topological polar surface area (TPSA) is 119 Å². The Bertz CT molecular complexity index is 820. The maximum absolute atomic E-state index is 9.55. The first-order valence-corrected chi connectivity index (χ1v) is 16.9. The fourth-order valence-corrected chi connectivity index (χ4v) is 4.08. The van der Waals surface area contributed by atoms with Crippen LogP contribution in [0.5, 0.6) is 11.5 Å². The second kappa shape index (κ2) is 11.8. The van der Waals surface area contributed by atoms with Gasteiger partial charge >= 0.3 is 11.9 Å². The summed E-state index contributed by atoms with van der Waals surface area (Å²) in [5, 5.41) is 15.9. The zero-order valence-corrected chi connectivity index (χ0v) is 23.9. The molecule has 0 spiro atoms. The highest BCUT2D eigenvalue weighted by Crippen LogP contribution is 2.43. The van der Waals surface area contributed by atoms with Crippen LogP contribution in [0.4, 0.5) is 0 Å². The van der Waals surface area contributed by atoms with Crippen LogP contribution in [0.25, 0.3) is 0 Å². The quantitative estimate of drug-likeness (QED) is 0.313. The zero-order valence-electron chi connectivity index (χ0n) is 21.9. The molecule has 0 amide bonds. The second-order valence-corrected chi connectivity index (χ2v) is 20.5. The molecule has 0 aromatic heterocycles. The van der Waals surface area contributed by atoms with Gasteiger partial charge < -0.3 is 24.8 Å². The van der Waals surface area contributed by atoms with Crippen LogP contribution in [0, 0.1) is 0 Å². The highest BCUT2D eigenvalue weighted by atomic mass is 28.4. The Balaban J connectivity index is 0.00000109. The van der Waals surface area contributed by atoms with E-state index in [1.807, 2.05) is 0 Å². The van der Waals surface area contributed by atoms with Crippen molar-refractivity contribution in [1.82, 2.24) is 0 Å². The van der Waals surface area contributed by atoms with E-state index in [4.69, 9.17) is 24.8 Å². The number of aliphatic carboxylic acids is 2. The number of hydrogen-bond acceptors (Lipinski definition) is 5. The molecule has 0 aliphatic rings. The van der Waals surface area contributed by atoms with Crippen molar-refractivity contribution in [1.29, 1.82) is 0 Å². The van der Waals surface area contributed by atoms with Gasteiger partial charge in [-0.2, -0.15) is 0 Å². The van der Waals surface area contributed by atoms with Crippen molar-refractivity contribution in [2.75, 3.05) is 6.54 Å². The monoisotopic (exact) mass is 497 g/mol. The van der Waals surface area contributed by atoms with Crippen LogP contribution in [0.2, 0.25) is 36.3 Å². The summed E-state index contributed by atoms with van der Waals surface area (Å²) in [7, 11) is -3.86. The molecule has 33 heavy (non-hydrogen) atoms. The Hall–Kier alpha value is -2.11. The largest absolute Gasteiger partial charge is 0.541 e. The van der Waals surface area contributed by atoms with Crippen molar-refractivity contribution in [3.8, 4) is 11.5 Å². The van der Waals surface area contributed by atoms with Gasteiger partial charge in [0.1, 0.15) is 11.5 Å². The van der Waals surface area contributed by atoms with E-state index in [1.165, 1.54) is 5.56 Å². The maximum atomic E-state index is 9.55. The van der Waals surface area contributed by atoms with Gasteiger partial charge in [-0.15, -0.1) is 0 Å². The first-order chi connectivity index (χ1) is 14.7. The summed E-state index contributed by atoms with van der Waals surface area (Å²) in [6.07, 6.45) is 1.97. The van der Waals surface area contributed by atoms with E-state index in [-0.39, 0.29) is 10.1 Å². The van der Waals surface area contributed by atoms with Crippen LogP contribution in [0.3, 0.4) is 0 Å². The van der Waals surface area contributed by atoms with Crippen LogP contribution >= 0.6 is 0 Å². The van der Waals surface area contributed by atoms with E-state index in [9.17, 15) is 9.59 Å². The predicted octanol–water partition coefficient (Wildman–Crippen LogP) is 5.67. The fraction of sp³-hybridized carbons (Fsp3) is 0.583. The maximum Gasteiger partial charge on any atom is 0.328 e. The van der Waals surface area contributed by atoms with Gasteiger partial charge in [0.05, 0.1) is 0 Å². The Labute approximate surface area is 201 Å². The van der Waals surface area contributed by atoms with Gasteiger partial charge in [-0.3, -0.25) is 0 Å². The molecule has 188 valence electrons. The summed E-state index contributed by atoms with van der Waals surface area (Å²) in [5.41, 5.74) is 6.95. The Morgan fingerprint density at radius 1 is 0.848 bits per heavy atom. The Kier molecular flexibility index (Phi) is 11.1. The molecule has 0 aliphatic heterocycles. The summed E-state index contributed by atoms with van der Waals surface area (Å²) in [5.74, 6) is -0.737. The van der Waals surface area contributed by atoms with E-state index in [0.717, 1.165) is 17.9 Å². The Morgan fingerprint density at radius 3 is 1.58 bits per heavy atom. The molecular formula is C24H43NO6Si2. The standard InChI is InChI=1S/C20H39NO2Si2.C4H4O4/c1-19(2,3)24(7,8)22-17-12-11-16(13-14-21)15-18(17)23-25(9,10)20(4,5)6;5-3(6)1-2-4(7)8/h11-12,15H,13-14,21H2,1-10H3;1-2H,(H,5,6)(H,7,8)/b;2-1+. The van der Waals surface area contributed by atoms with Gasteiger partial charge in [0, 0.05) is 12.2 Å². The molecule has 0 fully saturated rings. The summed E-state index contributed by atoms with van der Waals surface area (Å²) in [6.45, 7) is 23.3. The summed E-state index contributed by atoms with van der Waals surface area (Å²) in [4.78, 5) is 19.1. The first kappa shape index (κ1) is 30.9. The van der Waals surface area contributed by atoms with Crippen LogP contribution in [0.15, 0.2) is 30.4 Å². The molecule has 0 unspecified atom stereocenters. The molecule has 7 nitrogen and oxygen atoms in total. The third kappa shape index (κ3) is 10.6. The number of carboxylic acids is 2. The molecule has 0 saturated heterocycles. The van der Waals surface area contributed by atoms with Gasteiger partial charge in [-0.25, -0.2) is 9.59 Å². The van der Waals surface area contributed by atoms with E-state index in [0.29, 0.717) is 18.7 Å². The minimum atomic E-state index is -1.94. The number of hydrogen-bond donors (Lipinski definition) is 3. The highest BCUT2D eigenvalue weighted by Gasteiger charge is 2.42.